The molecule has 0 aliphatic carbocycles. The number of pyridine rings is 1. The lowest BCUT2D eigenvalue weighted by atomic mass is 10.1. The predicted molar refractivity (Wildman–Crippen MR) is 75.8 cm³/mol. The number of hydrogen-bond donors (Lipinski definition) is 1. The molecule has 0 aromatic carbocycles. The highest BCUT2D eigenvalue weighted by Crippen LogP contribution is 2.17. The molecule has 5 heteroatoms. The minimum atomic E-state index is -0.277. The number of aromatic nitrogens is 1. The number of aliphatic hydroxyl groups excluding tert-OH is 1. The normalized spacial score (nSPS) is 17.9. The van der Waals surface area contributed by atoms with Crippen molar-refractivity contribution in [2.45, 2.75) is 45.3 Å². The van der Waals surface area contributed by atoms with Crippen LogP contribution in [0.1, 0.15) is 43.5 Å². The zero-order chi connectivity index (χ0) is 14.5. The summed E-state index contributed by atoms with van der Waals surface area (Å²) in [5.41, 5.74) is 0.592. The average molecular weight is 278 g/mol. The second-order valence-corrected chi connectivity index (χ2v) is 5.24. The van der Waals surface area contributed by atoms with Gasteiger partial charge in [-0.1, -0.05) is 6.92 Å². The van der Waals surface area contributed by atoms with Gasteiger partial charge in [-0.05, 0) is 32.3 Å². The van der Waals surface area contributed by atoms with Gasteiger partial charge in [0.2, 0.25) is 5.88 Å². The van der Waals surface area contributed by atoms with Crippen LogP contribution in [0.4, 0.5) is 0 Å². The lowest BCUT2D eigenvalue weighted by Gasteiger charge is -2.29. The van der Waals surface area contributed by atoms with Gasteiger partial charge in [0.25, 0.3) is 5.91 Å². The second-order valence-electron chi connectivity index (χ2n) is 5.24. The van der Waals surface area contributed by atoms with Gasteiger partial charge in [0.05, 0.1) is 12.2 Å². The van der Waals surface area contributed by atoms with Gasteiger partial charge < -0.3 is 14.7 Å². The zero-order valence-electron chi connectivity index (χ0n) is 12.1. The van der Waals surface area contributed by atoms with Crippen molar-refractivity contribution < 1.29 is 14.6 Å². The Balaban J connectivity index is 2.04. The predicted octanol–water partition coefficient (Wildman–Crippen LogP) is 1.86. The number of carbonyl (C=O) groups is 1. The van der Waals surface area contributed by atoms with Crippen molar-refractivity contribution in [3.63, 3.8) is 0 Å². The highest BCUT2D eigenvalue weighted by molar-refractivity contribution is 5.94. The van der Waals surface area contributed by atoms with Gasteiger partial charge in [0.15, 0.2) is 0 Å². The fraction of sp³-hybridized carbons (Fsp3) is 0.600. The summed E-state index contributed by atoms with van der Waals surface area (Å²) in [6, 6.07) is 3.40. The van der Waals surface area contributed by atoms with Crippen molar-refractivity contribution in [2.75, 3.05) is 13.1 Å². The molecule has 1 amide bonds. The number of amides is 1. The maximum absolute atomic E-state index is 12.4. The third-order valence-corrected chi connectivity index (χ3v) is 3.63. The monoisotopic (exact) mass is 278 g/mol. The third kappa shape index (κ3) is 3.70. The molecule has 110 valence electrons. The van der Waals surface area contributed by atoms with Crippen LogP contribution in [-0.4, -0.2) is 46.2 Å². The molecule has 2 heterocycles. The maximum atomic E-state index is 12.4. The van der Waals surface area contributed by atoms with Gasteiger partial charge in [0, 0.05) is 30.9 Å². The van der Waals surface area contributed by atoms with E-state index >= 15 is 0 Å². The summed E-state index contributed by atoms with van der Waals surface area (Å²) in [4.78, 5) is 18.3. The fourth-order valence-electron chi connectivity index (χ4n) is 2.15. The summed E-state index contributed by atoms with van der Waals surface area (Å²) in [5, 5.41) is 9.48. The lowest BCUT2D eigenvalue weighted by Crippen LogP contribution is -2.40. The molecule has 0 spiro atoms. The smallest absolute Gasteiger partial charge is 0.254 e. The first-order chi connectivity index (χ1) is 9.60. The average Bonchev–Trinajstić information content (AvgIpc) is 2.47. The Labute approximate surface area is 119 Å². The molecule has 1 aromatic rings. The summed E-state index contributed by atoms with van der Waals surface area (Å²) in [6.07, 6.45) is 3.59. The Morgan fingerprint density at radius 2 is 2.25 bits per heavy atom. The van der Waals surface area contributed by atoms with Crippen LogP contribution in [0.5, 0.6) is 5.88 Å². The van der Waals surface area contributed by atoms with Crippen LogP contribution in [0.3, 0.4) is 0 Å². The number of nitrogens with zero attached hydrogens (tertiary/aromatic N) is 2. The Kier molecular flexibility index (Phi) is 4.95. The van der Waals surface area contributed by atoms with E-state index < -0.39 is 0 Å². The van der Waals surface area contributed by atoms with Crippen LogP contribution in [0, 0.1) is 0 Å². The number of aliphatic hydroxyl groups is 1. The Hall–Kier alpha value is -1.62. The maximum Gasteiger partial charge on any atom is 0.254 e. The van der Waals surface area contributed by atoms with Gasteiger partial charge in [-0.2, -0.15) is 0 Å². The molecule has 1 atom stereocenters. The van der Waals surface area contributed by atoms with Crippen molar-refractivity contribution >= 4 is 5.91 Å². The van der Waals surface area contributed by atoms with Gasteiger partial charge >= 0.3 is 0 Å². The molecule has 1 aliphatic heterocycles. The molecule has 5 nitrogen and oxygen atoms in total. The summed E-state index contributed by atoms with van der Waals surface area (Å²) in [7, 11) is 0. The van der Waals surface area contributed by atoms with Crippen molar-refractivity contribution in [3.05, 3.63) is 23.9 Å². The first-order valence-electron chi connectivity index (χ1n) is 7.20. The molecular formula is C15H22N2O3. The molecule has 1 saturated heterocycles. The van der Waals surface area contributed by atoms with E-state index in [1.54, 1.807) is 23.2 Å². The second kappa shape index (κ2) is 6.70. The summed E-state index contributed by atoms with van der Waals surface area (Å²) >= 11 is 0. The van der Waals surface area contributed by atoms with Crippen LogP contribution in [0.2, 0.25) is 0 Å². The highest BCUT2D eigenvalue weighted by atomic mass is 16.5. The first-order valence-corrected chi connectivity index (χ1v) is 7.20. The quantitative estimate of drug-likeness (QED) is 0.913. The fourth-order valence-corrected chi connectivity index (χ4v) is 2.15. The molecule has 1 N–H and O–H groups in total. The van der Waals surface area contributed by atoms with E-state index in [0.717, 1.165) is 6.42 Å². The van der Waals surface area contributed by atoms with Crippen LogP contribution in [0.15, 0.2) is 18.3 Å². The topological polar surface area (TPSA) is 62.7 Å². The van der Waals surface area contributed by atoms with Gasteiger partial charge in [-0.25, -0.2) is 4.98 Å². The number of hydrogen-bond acceptors (Lipinski definition) is 4. The molecule has 0 radical (unpaired) electrons. The molecule has 20 heavy (non-hydrogen) atoms. The zero-order valence-corrected chi connectivity index (χ0v) is 12.1. The lowest BCUT2D eigenvalue weighted by molar-refractivity contribution is 0.0545. The number of carbonyl (C=O) groups excluding carboxylic acids is 1. The van der Waals surface area contributed by atoms with E-state index in [0.29, 0.717) is 37.4 Å². The molecule has 0 bridgehead atoms. The van der Waals surface area contributed by atoms with Crippen molar-refractivity contribution in [2.24, 2.45) is 0 Å². The summed E-state index contributed by atoms with van der Waals surface area (Å²) in [5.74, 6) is 0.468. The van der Waals surface area contributed by atoms with Crippen LogP contribution in [0.25, 0.3) is 0 Å². The molecule has 0 saturated carbocycles. The minimum absolute atomic E-state index is 0.0201. The summed E-state index contributed by atoms with van der Waals surface area (Å²) < 4.78 is 5.64. The van der Waals surface area contributed by atoms with Crippen molar-refractivity contribution in [1.82, 2.24) is 9.88 Å². The Morgan fingerprint density at radius 3 is 2.90 bits per heavy atom. The van der Waals surface area contributed by atoms with Gasteiger partial charge in [-0.15, -0.1) is 0 Å². The Bertz CT molecular complexity index is 456. The molecular weight excluding hydrogens is 256 g/mol. The molecule has 1 unspecified atom stereocenters. The Morgan fingerprint density at radius 1 is 1.55 bits per heavy atom. The molecule has 1 fully saturated rings. The van der Waals surface area contributed by atoms with Crippen molar-refractivity contribution in [3.8, 4) is 5.88 Å². The van der Waals surface area contributed by atoms with Crippen LogP contribution >= 0.6 is 0 Å². The largest absolute Gasteiger partial charge is 0.475 e. The first kappa shape index (κ1) is 14.8. The van der Waals surface area contributed by atoms with E-state index in [9.17, 15) is 9.90 Å². The number of piperidine rings is 1. The number of rotatable bonds is 4. The standard InChI is InChI=1S/C15H22N2O3/c1-3-11(2)20-14-10-12(4-7-16-14)15(19)17-8-5-13(18)6-9-17/h4,7,10-11,13,18H,3,5-6,8-9H2,1-2H3. The van der Waals surface area contributed by atoms with Crippen molar-refractivity contribution in [1.29, 1.82) is 0 Å². The van der Waals surface area contributed by atoms with E-state index in [2.05, 4.69) is 4.98 Å². The van der Waals surface area contributed by atoms with Gasteiger partial charge in [-0.3, -0.25) is 4.79 Å². The van der Waals surface area contributed by atoms with E-state index in [4.69, 9.17) is 4.74 Å². The third-order valence-electron chi connectivity index (χ3n) is 3.63. The SMILES string of the molecule is CCC(C)Oc1cc(C(=O)N2CCC(O)CC2)ccn1. The van der Waals surface area contributed by atoms with Crippen LogP contribution < -0.4 is 4.74 Å². The summed E-state index contributed by atoms with van der Waals surface area (Å²) in [6.45, 7) is 5.22. The number of ether oxygens (including phenoxy) is 1. The van der Waals surface area contributed by atoms with Gasteiger partial charge in [0.1, 0.15) is 0 Å². The highest BCUT2D eigenvalue weighted by Gasteiger charge is 2.22. The molecule has 1 aliphatic rings. The van der Waals surface area contributed by atoms with E-state index in [1.165, 1.54) is 0 Å². The minimum Gasteiger partial charge on any atom is -0.475 e. The van der Waals surface area contributed by atoms with E-state index in [1.807, 2.05) is 13.8 Å². The molecule has 1 aromatic heterocycles. The molecule has 2 rings (SSSR count). The van der Waals surface area contributed by atoms with Crippen LogP contribution in [-0.2, 0) is 0 Å². The van der Waals surface area contributed by atoms with E-state index in [-0.39, 0.29) is 18.1 Å². The number of likely N-dealkylation sites (tertiary alicyclic amines) is 1.